The minimum Gasteiger partial charge on any atom is -0.477 e. The largest absolute Gasteiger partial charge is 0.491 e. The van der Waals surface area contributed by atoms with Gasteiger partial charge < -0.3 is 14.4 Å². The maximum atomic E-state index is 11.4. The van der Waals surface area contributed by atoms with Gasteiger partial charge in [0.15, 0.2) is 5.12 Å². The predicted molar refractivity (Wildman–Crippen MR) is 98.4 cm³/mol. The first-order valence-electron chi connectivity index (χ1n) is 7.92. The van der Waals surface area contributed by atoms with Crippen LogP contribution < -0.4 is 0 Å². The molecule has 0 spiro atoms. The molecule has 1 fully saturated rings. The molecule has 0 unspecified atom stereocenters. The van der Waals surface area contributed by atoms with Crippen molar-refractivity contribution in [2.45, 2.75) is 45.8 Å². The van der Waals surface area contributed by atoms with E-state index in [1.165, 1.54) is 13.0 Å². The van der Waals surface area contributed by atoms with Crippen molar-refractivity contribution in [2.75, 3.05) is 5.75 Å². The lowest BCUT2D eigenvalue weighted by Crippen LogP contribution is -2.41. The molecule has 6 nitrogen and oxygen atoms in total. The summed E-state index contributed by atoms with van der Waals surface area (Å²) in [4.78, 5) is 26.6. The van der Waals surface area contributed by atoms with Crippen LogP contribution in [0.3, 0.4) is 0 Å². The number of hydrogen-bond acceptors (Lipinski definition) is 6. The fourth-order valence-corrected chi connectivity index (χ4v) is 2.79. The summed E-state index contributed by atoms with van der Waals surface area (Å²) < 4.78 is 12.1. The van der Waals surface area contributed by atoms with Crippen molar-refractivity contribution in [2.24, 2.45) is 0 Å². The van der Waals surface area contributed by atoms with E-state index in [9.17, 15) is 9.59 Å². The zero-order chi connectivity index (χ0) is 18.8. The molecule has 1 aliphatic rings. The molecule has 0 atom stereocenters. The van der Waals surface area contributed by atoms with Crippen LogP contribution in [-0.4, -0.2) is 45.2 Å². The van der Waals surface area contributed by atoms with Gasteiger partial charge in [0.25, 0.3) is 0 Å². The topological polar surface area (TPSA) is 85.7 Å². The smallest absolute Gasteiger partial charge is 0.477 e. The number of pyridine rings is 1. The summed E-state index contributed by atoms with van der Waals surface area (Å²) in [6, 6.07) is 4.76. The number of carboxylic acids is 1. The van der Waals surface area contributed by atoms with Gasteiger partial charge in [-0.1, -0.05) is 17.8 Å². The van der Waals surface area contributed by atoms with E-state index in [2.05, 4.69) is 4.98 Å². The van der Waals surface area contributed by atoms with E-state index in [1.54, 1.807) is 18.2 Å². The molecule has 0 bridgehead atoms. The van der Waals surface area contributed by atoms with Crippen molar-refractivity contribution in [1.82, 2.24) is 4.98 Å². The lowest BCUT2D eigenvalue weighted by atomic mass is 9.78. The van der Waals surface area contributed by atoms with Gasteiger partial charge in [0.1, 0.15) is 5.69 Å². The molecule has 134 valence electrons. The van der Waals surface area contributed by atoms with E-state index in [1.807, 2.05) is 27.7 Å². The first-order valence-corrected chi connectivity index (χ1v) is 8.90. The minimum absolute atomic E-state index is 0.0188. The summed E-state index contributed by atoms with van der Waals surface area (Å²) in [5, 5.41) is 9.07. The Bertz CT molecular complexity index is 701. The van der Waals surface area contributed by atoms with Gasteiger partial charge in [0.2, 0.25) is 0 Å². The number of carboxylic acid groups (broad SMARTS) is 1. The molecule has 0 saturated carbocycles. The zero-order valence-corrected chi connectivity index (χ0v) is 15.8. The maximum Gasteiger partial charge on any atom is 0.491 e. The van der Waals surface area contributed by atoms with E-state index in [0.29, 0.717) is 11.4 Å². The standard InChI is InChI=1S/C17H22BNO5S/c1-11(20)25-10-12(18-23-16(2,3)17(4,5)24-18)9-13-7-6-8-14(19-13)15(21)22/h6-9H,10H2,1-5H3,(H,21,22). The molecule has 1 aliphatic heterocycles. The SMILES string of the molecule is CC(=O)SCC(=Cc1cccc(C(=O)O)n1)B1OC(C)(C)C(C)(C)O1. The molecule has 0 aliphatic carbocycles. The fourth-order valence-electron chi connectivity index (χ4n) is 2.20. The summed E-state index contributed by atoms with van der Waals surface area (Å²) in [5.74, 6) is -0.712. The number of aromatic carboxylic acids is 1. The van der Waals surface area contributed by atoms with Gasteiger partial charge in [-0.3, -0.25) is 4.79 Å². The van der Waals surface area contributed by atoms with Crippen LogP contribution in [0.2, 0.25) is 0 Å². The van der Waals surface area contributed by atoms with Crippen LogP contribution >= 0.6 is 11.8 Å². The zero-order valence-electron chi connectivity index (χ0n) is 15.0. The molecule has 2 heterocycles. The quantitative estimate of drug-likeness (QED) is 0.805. The van der Waals surface area contributed by atoms with E-state index < -0.39 is 24.3 Å². The van der Waals surface area contributed by atoms with Gasteiger partial charge >= 0.3 is 13.1 Å². The maximum absolute atomic E-state index is 11.4. The Hall–Kier alpha value is -1.64. The molecular weight excluding hydrogens is 341 g/mol. The Balaban J connectivity index is 2.35. The van der Waals surface area contributed by atoms with Crippen molar-refractivity contribution in [3.05, 3.63) is 35.1 Å². The fraction of sp³-hybridized carbons (Fsp3) is 0.471. The normalized spacial score (nSPS) is 19.1. The lowest BCUT2D eigenvalue weighted by molar-refractivity contribution is -0.109. The van der Waals surface area contributed by atoms with Gasteiger partial charge in [-0.05, 0) is 51.4 Å². The minimum atomic E-state index is -1.09. The summed E-state index contributed by atoms with van der Waals surface area (Å²) in [6.07, 6.45) is 1.73. The van der Waals surface area contributed by atoms with Crippen LogP contribution in [-0.2, 0) is 14.1 Å². The van der Waals surface area contributed by atoms with Gasteiger partial charge in [-0.15, -0.1) is 0 Å². The third kappa shape index (κ3) is 4.71. The molecule has 0 radical (unpaired) electrons. The third-order valence-electron chi connectivity index (χ3n) is 4.32. The second-order valence-electron chi connectivity index (χ2n) is 6.84. The van der Waals surface area contributed by atoms with E-state index in [-0.39, 0.29) is 10.8 Å². The Labute approximate surface area is 152 Å². The van der Waals surface area contributed by atoms with Crippen molar-refractivity contribution >= 4 is 36.0 Å². The van der Waals surface area contributed by atoms with Crippen molar-refractivity contribution in [1.29, 1.82) is 0 Å². The number of nitrogens with zero attached hydrogens (tertiary/aromatic N) is 1. The highest BCUT2D eigenvalue weighted by Crippen LogP contribution is 2.39. The molecule has 25 heavy (non-hydrogen) atoms. The van der Waals surface area contributed by atoms with Crippen molar-refractivity contribution in [3.8, 4) is 0 Å². The number of carbonyl (C=O) groups is 2. The number of rotatable bonds is 5. The van der Waals surface area contributed by atoms with Gasteiger partial charge in [0, 0.05) is 12.7 Å². The Morgan fingerprint density at radius 1 is 1.24 bits per heavy atom. The van der Waals surface area contributed by atoms with Crippen molar-refractivity contribution < 1.29 is 24.0 Å². The molecule has 8 heteroatoms. The molecular formula is C17H22BNO5S. The van der Waals surface area contributed by atoms with Crippen LogP contribution in [0.5, 0.6) is 0 Å². The molecule has 1 N–H and O–H groups in total. The number of thioether (sulfide) groups is 1. The summed E-state index contributed by atoms with van der Waals surface area (Å²) in [6.45, 7) is 9.30. The van der Waals surface area contributed by atoms with E-state index in [0.717, 1.165) is 17.2 Å². The Morgan fingerprint density at radius 3 is 2.36 bits per heavy atom. The van der Waals surface area contributed by atoms with Gasteiger partial charge in [-0.2, -0.15) is 0 Å². The van der Waals surface area contributed by atoms with Crippen LogP contribution in [0.1, 0.15) is 50.8 Å². The lowest BCUT2D eigenvalue weighted by Gasteiger charge is -2.32. The summed E-state index contributed by atoms with van der Waals surface area (Å²) in [7, 11) is -0.618. The summed E-state index contributed by atoms with van der Waals surface area (Å²) in [5.41, 5.74) is 0.158. The van der Waals surface area contributed by atoms with Gasteiger partial charge in [-0.25, -0.2) is 9.78 Å². The molecule has 0 amide bonds. The number of carbonyl (C=O) groups excluding carboxylic acids is 1. The molecule has 1 aromatic rings. The highest BCUT2D eigenvalue weighted by atomic mass is 32.2. The second kappa shape index (κ2) is 7.31. The Kier molecular flexibility index (Phi) is 5.76. The molecule has 2 rings (SSSR count). The summed E-state index contributed by atoms with van der Waals surface area (Å²) >= 11 is 1.14. The van der Waals surface area contributed by atoms with E-state index in [4.69, 9.17) is 14.4 Å². The predicted octanol–water partition coefficient (Wildman–Crippen LogP) is 3.07. The third-order valence-corrected chi connectivity index (χ3v) is 5.21. The van der Waals surface area contributed by atoms with Crippen molar-refractivity contribution in [3.63, 3.8) is 0 Å². The molecule has 0 aromatic carbocycles. The second-order valence-corrected chi connectivity index (χ2v) is 7.99. The van der Waals surface area contributed by atoms with Crippen LogP contribution in [0.15, 0.2) is 23.7 Å². The molecule has 1 aromatic heterocycles. The van der Waals surface area contributed by atoms with E-state index >= 15 is 0 Å². The number of hydrogen-bond donors (Lipinski definition) is 1. The Morgan fingerprint density at radius 2 is 1.84 bits per heavy atom. The van der Waals surface area contributed by atoms with Gasteiger partial charge in [0.05, 0.1) is 16.9 Å². The molecule has 1 saturated heterocycles. The highest BCUT2D eigenvalue weighted by molar-refractivity contribution is 8.13. The monoisotopic (exact) mass is 363 g/mol. The first-order chi connectivity index (χ1) is 11.5. The van der Waals surface area contributed by atoms with Crippen LogP contribution in [0.25, 0.3) is 6.08 Å². The first kappa shape index (κ1) is 19.7. The average Bonchev–Trinajstić information content (AvgIpc) is 2.71. The number of aromatic nitrogens is 1. The highest BCUT2D eigenvalue weighted by Gasteiger charge is 2.52. The van der Waals surface area contributed by atoms with Crippen LogP contribution in [0, 0.1) is 0 Å². The average molecular weight is 363 g/mol. The van der Waals surface area contributed by atoms with Crippen LogP contribution in [0.4, 0.5) is 0 Å².